The van der Waals surface area contributed by atoms with E-state index < -0.39 is 0 Å². The molecular formula is C9H17N3O2. The molecule has 1 rings (SSSR count). The maximum Gasteiger partial charge on any atom is 0.308 e. The van der Waals surface area contributed by atoms with Crippen LogP contribution in [0.1, 0.15) is 19.3 Å². The average molecular weight is 199 g/mol. The van der Waals surface area contributed by atoms with Crippen LogP contribution in [0, 0.1) is 5.41 Å². The highest BCUT2D eigenvalue weighted by molar-refractivity contribution is 5.78. The Morgan fingerprint density at radius 1 is 1.71 bits per heavy atom. The Morgan fingerprint density at radius 2 is 2.36 bits per heavy atom. The lowest BCUT2D eigenvalue weighted by molar-refractivity contribution is -0.421. The molecular weight excluding hydrogens is 182 g/mol. The highest BCUT2D eigenvalue weighted by Gasteiger charge is 2.46. The van der Waals surface area contributed by atoms with Crippen molar-refractivity contribution in [1.29, 1.82) is 0 Å². The van der Waals surface area contributed by atoms with Gasteiger partial charge in [0.15, 0.2) is 0 Å². The molecule has 1 aliphatic carbocycles. The highest BCUT2D eigenvalue weighted by atomic mass is 16.5. The first-order valence-electron chi connectivity index (χ1n) is 4.68. The highest BCUT2D eigenvalue weighted by Crippen LogP contribution is 2.47. The van der Waals surface area contributed by atoms with Gasteiger partial charge in [0.05, 0.1) is 11.8 Å². The first-order chi connectivity index (χ1) is 6.58. The third-order valence-corrected chi connectivity index (χ3v) is 2.23. The van der Waals surface area contributed by atoms with Gasteiger partial charge in [-0.1, -0.05) is 0 Å². The zero-order valence-corrected chi connectivity index (χ0v) is 8.67. The van der Waals surface area contributed by atoms with Crippen LogP contribution in [-0.4, -0.2) is 37.7 Å². The number of hydrogen-bond acceptors (Lipinski definition) is 3. The third-order valence-electron chi connectivity index (χ3n) is 2.23. The van der Waals surface area contributed by atoms with E-state index in [9.17, 15) is 4.79 Å². The monoisotopic (exact) mass is 199 g/mol. The molecule has 0 aliphatic heterocycles. The normalized spacial score (nSPS) is 19.1. The molecule has 2 N–H and O–H groups in total. The molecule has 5 nitrogen and oxygen atoms in total. The van der Waals surface area contributed by atoms with Gasteiger partial charge in [-0.25, -0.2) is 0 Å². The summed E-state index contributed by atoms with van der Waals surface area (Å²) >= 11 is 0. The maximum atomic E-state index is 11.3. The summed E-state index contributed by atoms with van der Waals surface area (Å²) in [6.45, 7) is 0.256. The van der Waals surface area contributed by atoms with Crippen LogP contribution in [0.2, 0.25) is 0 Å². The molecule has 0 aromatic heterocycles. The van der Waals surface area contributed by atoms with Crippen LogP contribution in [0.3, 0.4) is 0 Å². The van der Waals surface area contributed by atoms with Crippen molar-refractivity contribution in [1.82, 2.24) is 5.32 Å². The molecule has 14 heavy (non-hydrogen) atoms. The van der Waals surface area contributed by atoms with Gasteiger partial charge in [0.2, 0.25) is 0 Å². The Bertz CT molecular complexity index is 242. The zero-order valence-electron chi connectivity index (χ0n) is 8.67. The number of rotatable bonds is 5. The van der Waals surface area contributed by atoms with Crippen molar-refractivity contribution in [3.05, 3.63) is 5.84 Å². The molecule has 5 heteroatoms. The molecule has 0 unspecified atom stereocenters. The summed E-state index contributed by atoms with van der Waals surface area (Å²) in [6.07, 6.45) is 4.13. The molecule has 0 amide bonds. The zero-order chi connectivity index (χ0) is 10.6. The number of carbonyl (C=O) groups excluding carboxylic acids is 1. The smallest absolute Gasteiger partial charge is 0.308 e. The lowest BCUT2D eigenvalue weighted by Gasteiger charge is -2.08. The van der Waals surface area contributed by atoms with Crippen molar-refractivity contribution in [2.45, 2.75) is 19.3 Å². The van der Waals surface area contributed by atoms with E-state index in [0.29, 0.717) is 6.42 Å². The van der Waals surface area contributed by atoms with Crippen LogP contribution in [-0.2, 0) is 9.53 Å². The Morgan fingerprint density at radius 3 is 2.79 bits per heavy atom. The molecule has 1 fully saturated rings. The van der Waals surface area contributed by atoms with Crippen molar-refractivity contribution in [2.75, 3.05) is 20.8 Å². The SMILES string of the molecule is CNCOC(=O)CC1(/C=[N+](\C)[NH-])CC1. The Kier molecular flexibility index (Phi) is 3.46. The fourth-order valence-corrected chi connectivity index (χ4v) is 1.41. The Labute approximate surface area is 83.9 Å². The summed E-state index contributed by atoms with van der Waals surface area (Å²) in [5, 5.41) is 2.74. The van der Waals surface area contributed by atoms with Gasteiger partial charge < -0.3 is 10.6 Å². The van der Waals surface area contributed by atoms with Crippen molar-refractivity contribution < 1.29 is 14.2 Å². The van der Waals surface area contributed by atoms with Gasteiger partial charge in [0, 0.05) is 0 Å². The Balaban J connectivity index is 2.36. The first-order valence-corrected chi connectivity index (χ1v) is 4.68. The molecule has 0 aromatic carbocycles. The minimum absolute atomic E-state index is 0.0959. The van der Waals surface area contributed by atoms with Crippen LogP contribution < -0.4 is 5.32 Å². The molecule has 0 radical (unpaired) electrons. The van der Waals surface area contributed by atoms with Gasteiger partial charge in [-0.3, -0.25) is 14.8 Å². The molecule has 0 heterocycles. The predicted molar refractivity (Wildman–Crippen MR) is 52.9 cm³/mol. The summed E-state index contributed by atoms with van der Waals surface area (Å²) in [6, 6.07) is 0. The van der Waals surface area contributed by atoms with Crippen molar-refractivity contribution in [3.63, 3.8) is 0 Å². The van der Waals surface area contributed by atoms with Gasteiger partial charge >= 0.3 is 5.97 Å². The minimum atomic E-state index is -0.199. The molecule has 1 saturated carbocycles. The van der Waals surface area contributed by atoms with Gasteiger partial charge in [0.1, 0.15) is 20.0 Å². The summed E-state index contributed by atoms with van der Waals surface area (Å²) in [7, 11) is 3.38. The number of esters is 1. The van der Waals surface area contributed by atoms with Crippen LogP contribution in [0.5, 0.6) is 0 Å². The Hall–Kier alpha value is -1.10. The fraction of sp³-hybridized carbons (Fsp3) is 0.778. The average Bonchev–Trinajstić information content (AvgIpc) is 2.80. The molecule has 0 saturated heterocycles. The van der Waals surface area contributed by atoms with E-state index >= 15 is 0 Å². The van der Waals surface area contributed by atoms with Crippen molar-refractivity contribution >= 4 is 12.2 Å². The van der Waals surface area contributed by atoms with Crippen LogP contribution >= 0.6 is 0 Å². The van der Waals surface area contributed by atoms with Gasteiger partial charge in [-0.2, -0.15) is 0 Å². The van der Waals surface area contributed by atoms with E-state index in [2.05, 4.69) is 5.32 Å². The first kappa shape index (κ1) is 11.0. The number of ether oxygens (including phenoxy) is 1. The quantitative estimate of drug-likeness (QED) is 0.231. The second kappa shape index (κ2) is 4.41. The lowest BCUT2D eigenvalue weighted by Crippen LogP contribution is -2.21. The van der Waals surface area contributed by atoms with Gasteiger partial charge in [-0.05, 0) is 19.9 Å². The van der Waals surface area contributed by atoms with Crippen LogP contribution in [0.25, 0.3) is 5.84 Å². The third kappa shape index (κ3) is 3.33. The van der Waals surface area contributed by atoms with E-state index in [1.807, 2.05) is 0 Å². The van der Waals surface area contributed by atoms with Gasteiger partial charge in [-0.15, -0.1) is 0 Å². The standard InChI is InChI=1S/C9H17N3O2/c1-11-7-14-8(13)5-9(3-4-9)6-12(2)10/h6,10-11H,3-5,7H2,1-2H3/b12-6+,12-10?. The minimum Gasteiger partial charge on any atom is -0.455 e. The van der Waals surface area contributed by atoms with Gasteiger partial charge in [0.25, 0.3) is 0 Å². The van der Waals surface area contributed by atoms with Crippen LogP contribution in [0.4, 0.5) is 0 Å². The summed E-state index contributed by atoms with van der Waals surface area (Å²) in [4.78, 5) is 11.3. The largest absolute Gasteiger partial charge is 0.455 e. The molecule has 0 spiro atoms. The second-order valence-electron chi connectivity index (χ2n) is 3.79. The number of nitrogens with zero attached hydrogens (tertiary/aromatic N) is 1. The van der Waals surface area contributed by atoms with Crippen molar-refractivity contribution in [3.8, 4) is 0 Å². The second-order valence-corrected chi connectivity index (χ2v) is 3.79. The number of hydrogen-bond donors (Lipinski definition) is 1. The summed E-state index contributed by atoms with van der Waals surface area (Å²) in [5.41, 5.74) is -0.0959. The molecule has 80 valence electrons. The predicted octanol–water partition coefficient (Wildman–Crippen LogP) is 0.557. The van der Waals surface area contributed by atoms with E-state index in [-0.39, 0.29) is 18.1 Å². The maximum absolute atomic E-state index is 11.3. The fourth-order valence-electron chi connectivity index (χ4n) is 1.41. The summed E-state index contributed by atoms with van der Waals surface area (Å²) in [5.74, 6) is 7.07. The molecule has 1 aliphatic rings. The van der Waals surface area contributed by atoms with E-state index in [1.54, 1.807) is 20.3 Å². The summed E-state index contributed by atoms with van der Waals surface area (Å²) < 4.78 is 6.16. The topological polar surface area (TPSA) is 65.1 Å². The lowest BCUT2D eigenvalue weighted by atomic mass is 10.1. The number of carbonyl (C=O) groups is 1. The van der Waals surface area contributed by atoms with E-state index in [1.165, 1.54) is 4.68 Å². The van der Waals surface area contributed by atoms with E-state index in [0.717, 1.165) is 12.8 Å². The van der Waals surface area contributed by atoms with E-state index in [4.69, 9.17) is 10.6 Å². The molecule has 0 bridgehead atoms. The molecule has 0 aromatic rings. The van der Waals surface area contributed by atoms with Crippen LogP contribution in [0.15, 0.2) is 0 Å². The van der Waals surface area contributed by atoms with Crippen molar-refractivity contribution in [2.24, 2.45) is 5.41 Å². The number of nitrogens with one attached hydrogen (secondary N) is 2. The molecule has 0 atom stereocenters.